The summed E-state index contributed by atoms with van der Waals surface area (Å²) in [5.74, 6) is 0.718. The van der Waals surface area contributed by atoms with Crippen LogP contribution in [0.1, 0.15) is 52.9 Å². The Kier molecular flexibility index (Phi) is 19.4. The number of methoxy groups -OCH3 is 1. The zero-order valence-corrected chi connectivity index (χ0v) is 17.9. The summed E-state index contributed by atoms with van der Waals surface area (Å²) < 4.78 is 4.98. The molecule has 7 heteroatoms. The maximum Gasteiger partial charge on any atom is 0.242 e. The highest BCUT2D eigenvalue weighted by molar-refractivity contribution is 5.81. The fraction of sp³-hybridized carbons (Fsp3) is 0.619. The minimum atomic E-state index is -0.250. The van der Waals surface area contributed by atoms with Crippen LogP contribution in [0.3, 0.4) is 0 Å². The van der Waals surface area contributed by atoms with Crippen LogP contribution in [0.5, 0.6) is 5.88 Å². The second-order valence-electron chi connectivity index (χ2n) is 6.06. The molecule has 1 fully saturated rings. The van der Waals surface area contributed by atoms with Crippen molar-refractivity contribution in [3.05, 3.63) is 18.3 Å². The normalized spacial score (nSPS) is 14.3. The number of nitrogens with two attached hydrogens (primary N) is 1. The Labute approximate surface area is 170 Å². The van der Waals surface area contributed by atoms with Crippen LogP contribution in [0.15, 0.2) is 18.3 Å². The molecule has 1 aromatic heterocycles. The zero-order valence-electron chi connectivity index (χ0n) is 17.9. The van der Waals surface area contributed by atoms with Gasteiger partial charge < -0.3 is 25.8 Å². The van der Waals surface area contributed by atoms with Gasteiger partial charge in [0.2, 0.25) is 11.8 Å². The number of carbonyl (C=O) groups excluding carboxylic acids is 1. The maximum atomic E-state index is 12.0. The van der Waals surface area contributed by atoms with Gasteiger partial charge in [0.05, 0.1) is 32.3 Å². The molecule has 2 rings (SSSR count). The van der Waals surface area contributed by atoms with Gasteiger partial charge >= 0.3 is 0 Å². The van der Waals surface area contributed by atoms with Crippen molar-refractivity contribution < 1.29 is 14.6 Å². The van der Waals surface area contributed by atoms with E-state index in [9.17, 15) is 4.79 Å². The molecule has 7 nitrogen and oxygen atoms in total. The molecule has 1 aliphatic rings. The number of ether oxygens (including phenoxy) is 1. The van der Waals surface area contributed by atoms with Gasteiger partial charge in [0.15, 0.2) is 0 Å². The van der Waals surface area contributed by atoms with Gasteiger partial charge in [-0.15, -0.1) is 12.8 Å². The molecule has 0 bridgehead atoms. The molecule has 0 aromatic carbocycles. The van der Waals surface area contributed by atoms with Crippen molar-refractivity contribution in [2.45, 2.75) is 58.9 Å². The largest absolute Gasteiger partial charge is 0.481 e. The van der Waals surface area contributed by atoms with Crippen molar-refractivity contribution in [3.63, 3.8) is 0 Å². The minimum Gasteiger partial charge on any atom is -0.481 e. The van der Waals surface area contributed by atoms with Crippen LogP contribution in [0.2, 0.25) is 0 Å². The average molecular weight is 395 g/mol. The molecule has 160 valence electrons. The van der Waals surface area contributed by atoms with Crippen LogP contribution >= 0.6 is 0 Å². The molecule has 1 aliphatic heterocycles. The summed E-state index contributed by atoms with van der Waals surface area (Å²) in [5, 5.41) is 10.4. The first kappa shape index (κ1) is 27.9. The van der Waals surface area contributed by atoms with E-state index in [-0.39, 0.29) is 12.6 Å². The average Bonchev–Trinajstić information content (AvgIpc) is 3.16. The lowest BCUT2D eigenvalue weighted by molar-refractivity contribution is -0.129. The Bertz CT molecular complexity index is 504. The first-order chi connectivity index (χ1) is 13.5. The van der Waals surface area contributed by atoms with Crippen molar-refractivity contribution in [1.29, 1.82) is 0 Å². The number of terminal acetylenes is 1. The number of pyridine rings is 1. The molecule has 28 heavy (non-hydrogen) atoms. The van der Waals surface area contributed by atoms with E-state index >= 15 is 0 Å². The Morgan fingerprint density at radius 2 is 2.00 bits per heavy atom. The first-order valence-corrected chi connectivity index (χ1v) is 9.71. The predicted octanol–water partition coefficient (Wildman–Crippen LogP) is 2.85. The fourth-order valence-corrected chi connectivity index (χ4v) is 2.54. The second-order valence-corrected chi connectivity index (χ2v) is 6.06. The van der Waals surface area contributed by atoms with E-state index in [1.54, 1.807) is 19.4 Å². The van der Waals surface area contributed by atoms with E-state index in [0.717, 1.165) is 25.1 Å². The lowest BCUT2D eigenvalue weighted by Crippen LogP contribution is -2.37. The van der Waals surface area contributed by atoms with Crippen molar-refractivity contribution >= 4 is 11.6 Å². The summed E-state index contributed by atoms with van der Waals surface area (Å²) in [6, 6.07) is 3.99. The van der Waals surface area contributed by atoms with Crippen molar-refractivity contribution in [2.75, 3.05) is 32.2 Å². The number of aliphatic hydroxyl groups is 1. The Hall–Kier alpha value is -2.30. The monoisotopic (exact) mass is 394 g/mol. The smallest absolute Gasteiger partial charge is 0.242 e. The van der Waals surface area contributed by atoms with E-state index in [0.29, 0.717) is 18.5 Å². The van der Waals surface area contributed by atoms with E-state index in [1.165, 1.54) is 19.3 Å². The summed E-state index contributed by atoms with van der Waals surface area (Å²) >= 11 is 0. The van der Waals surface area contributed by atoms with Crippen LogP contribution in [0, 0.1) is 12.8 Å². The molecule has 0 radical (unpaired) electrons. The van der Waals surface area contributed by atoms with Gasteiger partial charge in [0.25, 0.3) is 0 Å². The van der Waals surface area contributed by atoms with Gasteiger partial charge in [-0.2, -0.15) is 0 Å². The van der Waals surface area contributed by atoms with Crippen LogP contribution < -0.4 is 15.8 Å². The quantitative estimate of drug-likeness (QED) is 0.507. The summed E-state index contributed by atoms with van der Waals surface area (Å²) in [6.45, 7) is 7.47. The molecular weight excluding hydrogens is 356 g/mol. The zero-order chi connectivity index (χ0) is 21.8. The van der Waals surface area contributed by atoms with E-state index in [4.69, 9.17) is 9.84 Å². The van der Waals surface area contributed by atoms with Crippen molar-refractivity contribution in [1.82, 2.24) is 9.88 Å². The number of nitrogens with zero attached hydrogens (tertiary/aromatic N) is 2. The highest BCUT2D eigenvalue weighted by Crippen LogP contribution is 2.17. The van der Waals surface area contributed by atoms with Crippen molar-refractivity contribution in [2.24, 2.45) is 5.73 Å². The van der Waals surface area contributed by atoms with Gasteiger partial charge in [-0.1, -0.05) is 33.1 Å². The maximum absolute atomic E-state index is 12.0. The lowest BCUT2D eigenvalue weighted by Gasteiger charge is -2.21. The molecule has 1 aromatic rings. The molecule has 1 atom stereocenters. The molecular formula is C21H38N4O3. The number of aliphatic hydroxyl groups excluding tert-OH is 1. The molecule has 2 heterocycles. The molecule has 0 spiro atoms. The number of aromatic nitrogens is 1. The summed E-state index contributed by atoms with van der Waals surface area (Å²) in [7, 11) is 1.58. The van der Waals surface area contributed by atoms with Crippen LogP contribution in [-0.2, 0) is 4.79 Å². The predicted molar refractivity (Wildman–Crippen MR) is 116 cm³/mol. The molecule has 1 unspecified atom stereocenters. The van der Waals surface area contributed by atoms with Crippen LogP contribution in [0.4, 0.5) is 5.69 Å². The molecule has 1 saturated heterocycles. The van der Waals surface area contributed by atoms with E-state index < -0.39 is 0 Å². The van der Waals surface area contributed by atoms with E-state index in [1.807, 2.05) is 11.0 Å². The number of carbonyl (C=O) groups is 1. The topological polar surface area (TPSA) is 101 Å². The summed E-state index contributed by atoms with van der Waals surface area (Å²) in [5.41, 5.74) is 5.23. The van der Waals surface area contributed by atoms with Gasteiger partial charge in [0.1, 0.15) is 0 Å². The Balaban J connectivity index is 0. The van der Waals surface area contributed by atoms with Gasteiger partial charge in [-0.05, 0) is 25.8 Å². The highest BCUT2D eigenvalue weighted by atomic mass is 16.5. The van der Waals surface area contributed by atoms with Crippen molar-refractivity contribution in [3.8, 4) is 18.7 Å². The second kappa shape index (κ2) is 19.5. The number of hydrogen-bond donors (Lipinski definition) is 3. The Morgan fingerprint density at radius 3 is 2.36 bits per heavy atom. The number of unbranched alkanes of at least 4 members (excludes halogenated alkanes) is 2. The third-order valence-electron chi connectivity index (χ3n) is 3.97. The van der Waals surface area contributed by atoms with Crippen LogP contribution in [0.25, 0.3) is 0 Å². The van der Waals surface area contributed by atoms with Gasteiger partial charge in [0, 0.05) is 18.7 Å². The number of likely N-dealkylation sites (tertiary alicyclic amines) is 1. The third kappa shape index (κ3) is 13.0. The summed E-state index contributed by atoms with van der Waals surface area (Å²) in [6.07, 6.45) is 16.0. The number of nitrogens with one attached hydrogen (secondary N) is 1. The molecule has 0 saturated carbocycles. The third-order valence-corrected chi connectivity index (χ3v) is 3.97. The highest BCUT2D eigenvalue weighted by Gasteiger charge is 2.24. The number of hydrogen-bond acceptors (Lipinski definition) is 6. The van der Waals surface area contributed by atoms with Gasteiger partial charge in [-0.3, -0.25) is 4.79 Å². The molecule has 1 amide bonds. The Morgan fingerprint density at radius 1 is 1.39 bits per heavy atom. The van der Waals surface area contributed by atoms with Gasteiger partial charge in [-0.25, -0.2) is 4.98 Å². The summed E-state index contributed by atoms with van der Waals surface area (Å²) in [4.78, 5) is 18.0. The standard InChI is InChI=1S/C13H19N3O2.C5H12.C2H2.CH5NO/c1-10-4-3-7-16(10)13(17)9-14-11-5-6-12(18-2)15-8-11;1-3-5-4-2;1-2;2-1-3/h5-6,8,10,14H,3-4,7,9H2,1-2H3;3-5H2,1-2H3;1-2H;3H,1-2H2. The SMILES string of the molecule is C#C.CCCCC.COc1ccc(NCC(=O)N2CCCC2C)cn1.NCO. The fourth-order valence-electron chi connectivity index (χ4n) is 2.54. The number of amides is 1. The number of rotatable bonds is 6. The molecule has 0 aliphatic carbocycles. The molecule has 4 N–H and O–H groups in total. The number of anilines is 1. The van der Waals surface area contributed by atoms with Crippen LogP contribution in [-0.4, -0.2) is 53.9 Å². The minimum absolute atomic E-state index is 0.149. The first-order valence-electron chi connectivity index (χ1n) is 9.71. The van der Waals surface area contributed by atoms with E-state index in [2.05, 4.69) is 49.7 Å². The lowest BCUT2D eigenvalue weighted by atomic mass is 10.2.